The molecule has 0 saturated heterocycles. The van der Waals surface area contributed by atoms with Gasteiger partial charge >= 0.3 is 0 Å². The van der Waals surface area contributed by atoms with Crippen LogP contribution in [0.2, 0.25) is 0 Å². The average molecular weight is 232 g/mol. The lowest BCUT2D eigenvalue weighted by Crippen LogP contribution is -2.28. The number of aryl methyl sites for hydroxylation is 1. The Labute approximate surface area is 104 Å². The van der Waals surface area contributed by atoms with Crippen LogP contribution in [0, 0.1) is 18.3 Å². The normalized spacial score (nSPS) is 10.3. The Hall–Kier alpha value is -1.53. The minimum absolute atomic E-state index is 0.615. The zero-order valence-electron chi connectivity index (χ0n) is 10.9. The van der Waals surface area contributed by atoms with E-state index in [9.17, 15) is 0 Å². The number of nitrogens with zero attached hydrogens (tertiary/aromatic N) is 2. The Kier molecular flexibility index (Phi) is 5.51. The lowest BCUT2D eigenvalue weighted by atomic mass is 10.1. The summed E-state index contributed by atoms with van der Waals surface area (Å²) in [6.45, 7) is 9.82. The number of rotatable bonds is 6. The summed E-state index contributed by atoms with van der Waals surface area (Å²) in [7, 11) is 0. The number of hydrogen-bond donors (Lipinski definition) is 0. The van der Waals surface area contributed by atoms with E-state index in [1.807, 2.05) is 25.1 Å². The van der Waals surface area contributed by atoms with E-state index >= 15 is 0 Å². The van der Waals surface area contributed by atoms with Crippen LogP contribution in [-0.2, 0) is 0 Å². The van der Waals surface area contributed by atoms with E-state index in [1.165, 1.54) is 0 Å². The van der Waals surface area contributed by atoms with Crippen molar-refractivity contribution in [2.45, 2.75) is 20.8 Å². The third-order valence-corrected chi connectivity index (χ3v) is 2.82. The number of hydrogen-bond acceptors (Lipinski definition) is 3. The molecule has 0 aliphatic rings. The van der Waals surface area contributed by atoms with Crippen LogP contribution in [0.5, 0.6) is 5.75 Å². The third kappa shape index (κ3) is 4.08. The van der Waals surface area contributed by atoms with Crippen molar-refractivity contribution in [1.82, 2.24) is 4.90 Å². The number of nitriles is 1. The van der Waals surface area contributed by atoms with E-state index in [4.69, 9.17) is 10.00 Å². The maximum absolute atomic E-state index is 9.00. The van der Waals surface area contributed by atoms with Crippen molar-refractivity contribution >= 4 is 0 Å². The summed E-state index contributed by atoms with van der Waals surface area (Å²) < 4.78 is 5.65. The lowest BCUT2D eigenvalue weighted by Gasteiger charge is -2.18. The predicted octanol–water partition coefficient (Wildman–Crippen LogP) is 2.59. The molecule has 0 spiro atoms. The summed E-state index contributed by atoms with van der Waals surface area (Å²) in [6.07, 6.45) is 0. The van der Waals surface area contributed by atoms with Crippen molar-refractivity contribution in [2.75, 3.05) is 26.2 Å². The Balaban J connectivity index is 2.55. The van der Waals surface area contributed by atoms with Gasteiger partial charge in [-0.25, -0.2) is 0 Å². The monoisotopic (exact) mass is 232 g/mol. The predicted molar refractivity (Wildman–Crippen MR) is 69.2 cm³/mol. The Morgan fingerprint density at radius 1 is 1.29 bits per heavy atom. The Morgan fingerprint density at radius 2 is 2.00 bits per heavy atom. The van der Waals surface area contributed by atoms with Gasteiger partial charge in [-0.05, 0) is 37.7 Å². The highest BCUT2D eigenvalue weighted by atomic mass is 16.5. The second-order valence-electron chi connectivity index (χ2n) is 3.99. The number of ether oxygens (including phenoxy) is 1. The van der Waals surface area contributed by atoms with Gasteiger partial charge in [-0.15, -0.1) is 0 Å². The summed E-state index contributed by atoms with van der Waals surface area (Å²) in [5, 5.41) is 9.00. The SMILES string of the molecule is CCN(CC)CCOc1ccc(C)cc1C#N. The molecule has 1 aromatic rings. The molecule has 0 bridgehead atoms. The van der Waals surface area contributed by atoms with Crippen LogP contribution in [0.1, 0.15) is 25.0 Å². The van der Waals surface area contributed by atoms with Gasteiger partial charge in [-0.1, -0.05) is 19.9 Å². The van der Waals surface area contributed by atoms with Crippen LogP contribution in [0.3, 0.4) is 0 Å². The zero-order chi connectivity index (χ0) is 12.7. The van der Waals surface area contributed by atoms with Gasteiger partial charge in [0, 0.05) is 6.54 Å². The first-order valence-electron chi connectivity index (χ1n) is 6.07. The molecule has 0 N–H and O–H groups in total. The van der Waals surface area contributed by atoms with Crippen LogP contribution < -0.4 is 4.74 Å². The molecule has 1 aromatic carbocycles. The van der Waals surface area contributed by atoms with E-state index in [1.54, 1.807) is 0 Å². The first kappa shape index (κ1) is 13.5. The second-order valence-corrected chi connectivity index (χ2v) is 3.99. The first-order chi connectivity index (χ1) is 8.21. The van der Waals surface area contributed by atoms with Crippen LogP contribution >= 0.6 is 0 Å². The molecule has 0 aliphatic carbocycles. The van der Waals surface area contributed by atoms with Gasteiger partial charge in [0.05, 0.1) is 5.56 Å². The van der Waals surface area contributed by atoms with E-state index in [0.717, 1.165) is 25.2 Å². The minimum Gasteiger partial charge on any atom is -0.491 e. The smallest absolute Gasteiger partial charge is 0.137 e. The Bertz CT molecular complexity index is 392. The fraction of sp³-hybridized carbons (Fsp3) is 0.500. The fourth-order valence-electron chi connectivity index (χ4n) is 1.68. The first-order valence-corrected chi connectivity index (χ1v) is 6.07. The van der Waals surface area contributed by atoms with Gasteiger partial charge < -0.3 is 9.64 Å². The minimum atomic E-state index is 0.615. The molecule has 92 valence electrons. The molecule has 0 saturated carbocycles. The molecule has 0 aliphatic heterocycles. The highest BCUT2D eigenvalue weighted by Crippen LogP contribution is 2.18. The maximum atomic E-state index is 9.00. The highest BCUT2D eigenvalue weighted by Gasteiger charge is 2.04. The summed E-state index contributed by atoms with van der Waals surface area (Å²) in [5.74, 6) is 0.685. The summed E-state index contributed by atoms with van der Waals surface area (Å²) in [6, 6.07) is 7.85. The molecule has 0 heterocycles. The third-order valence-electron chi connectivity index (χ3n) is 2.82. The van der Waals surface area contributed by atoms with Crippen LogP contribution in [0.25, 0.3) is 0 Å². The molecule has 3 nitrogen and oxygen atoms in total. The Morgan fingerprint density at radius 3 is 2.59 bits per heavy atom. The van der Waals surface area contributed by atoms with E-state index < -0.39 is 0 Å². The molecule has 0 radical (unpaired) electrons. The molecule has 0 fully saturated rings. The van der Waals surface area contributed by atoms with Crippen LogP contribution in [0.15, 0.2) is 18.2 Å². The van der Waals surface area contributed by atoms with Crippen LogP contribution in [0.4, 0.5) is 0 Å². The number of benzene rings is 1. The summed E-state index contributed by atoms with van der Waals surface area (Å²) >= 11 is 0. The largest absolute Gasteiger partial charge is 0.491 e. The van der Waals surface area contributed by atoms with Crippen molar-refractivity contribution in [3.8, 4) is 11.8 Å². The second kappa shape index (κ2) is 6.93. The molecule has 3 heteroatoms. The van der Waals surface area contributed by atoms with Crippen molar-refractivity contribution in [3.05, 3.63) is 29.3 Å². The van der Waals surface area contributed by atoms with Gasteiger partial charge in [-0.3, -0.25) is 0 Å². The van der Waals surface area contributed by atoms with Gasteiger partial charge in [0.25, 0.3) is 0 Å². The van der Waals surface area contributed by atoms with Crippen molar-refractivity contribution in [3.63, 3.8) is 0 Å². The molecule has 1 rings (SSSR count). The lowest BCUT2D eigenvalue weighted by molar-refractivity contribution is 0.222. The molecule has 0 unspecified atom stereocenters. The summed E-state index contributed by atoms with van der Waals surface area (Å²) in [5.41, 5.74) is 1.70. The molecule has 0 atom stereocenters. The van der Waals surface area contributed by atoms with Crippen molar-refractivity contribution < 1.29 is 4.74 Å². The van der Waals surface area contributed by atoms with E-state index in [2.05, 4.69) is 24.8 Å². The van der Waals surface area contributed by atoms with Crippen molar-refractivity contribution in [2.24, 2.45) is 0 Å². The van der Waals surface area contributed by atoms with Crippen molar-refractivity contribution in [1.29, 1.82) is 5.26 Å². The van der Waals surface area contributed by atoms with Gasteiger partial charge in [-0.2, -0.15) is 5.26 Å². The highest BCUT2D eigenvalue weighted by molar-refractivity contribution is 5.45. The van der Waals surface area contributed by atoms with Crippen LogP contribution in [-0.4, -0.2) is 31.1 Å². The molecule has 0 aromatic heterocycles. The van der Waals surface area contributed by atoms with Gasteiger partial charge in [0.2, 0.25) is 0 Å². The quantitative estimate of drug-likeness (QED) is 0.756. The topological polar surface area (TPSA) is 36.3 Å². The fourth-order valence-corrected chi connectivity index (χ4v) is 1.68. The average Bonchev–Trinajstić information content (AvgIpc) is 2.36. The molecular weight excluding hydrogens is 212 g/mol. The zero-order valence-corrected chi connectivity index (χ0v) is 10.9. The van der Waals surface area contributed by atoms with Gasteiger partial charge in [0.1, 0.15) is 18.4 Å². The molecule has 0 amide bonds. The van der Waals surface area contributed by atoms with E-state index in [0.29, 0.717) is 17.9 Å². The standard InChI is InChI=1S/C14H20N2O/c1-4-16(5-2)8-9-17-14-7-6-12(3)10-13(14)11-15/h6-7,10H,4-5,8-9H2,1-3H3. The summed E-state index contributed by atoms with van der Waals surface area (Å²) in [4.78, 5) is 2.29. The van der Waals surface area contributed by atoms with Gasteiger partial charge in [0.15, 0.2) is 0 Å². The molecular formula is C14H20N2O. The maximum Gasteiger partial charge on any atom is 0.137 e. The number of likely N-dealkylation sites (N-methyl/N-ethyl adjacent to an activating group) is 1. The molecule has 17 heavy (non-hydrogen) atoms. The van der Waals surface area contributed by atoms with E-state index in [-0.39, 0.29) is 0 Å².